The highest BCUT2D eigenvalue weighted by Gasteiger charge is 2.22. The first-order valence-corrected chi connectivity index (χ1v) is 10.1. The molecule has 8 heteroatoms. The quantitative estimate of drug-likeness (QED) is 0.605. The van der Waals surface area contributed by atoms with Crippen LogP contribution in [0.2, 0.25) is 0 Å². The SMILES string of the molecule is COC1CCCN(c2ccc(NC(=S)NC(=O)c3cc4ccccc4o3)cc2F)C1. The Bertz CT molecular complexity index is 1050. The van der Waals surface area contributed by atoms with Gasteiger partial charge in [0.2, 0.25) is 0 Å². The minimum atomic E-state index is -0.472. The number of nitrogens with zero attached hydrogens (tertiary/aromatic N) is 1. The summed E-state index contributed by atoms with van der Waals surface area (Å²) in [5.41, 5.74) is 1.60. The molecule has 1 atom stereocenters. The number of nitrogens with one attached hydrogen (secondary N) is 2. The first kappa shape index (κ1) is 20.3. The summed E-state index contributed by atoms with van der Waals surface area (Å²) in [5.74, 6) is -0.678. The number of benzene rings is 2. The Morgan fingerprint density at radius 2 is 2.10 bits per heavy atom. The van der Waals surface area contributed by atoms with E-state index in [1.54, 1.807) is 31.4 Å². The molecule has 30 heavy (non-hydrogen) atoms. The molecule has 1 aliphatic heterocycles. The van der Waals surface area contributed by atoms with E-state index in [1.165, 1.54) is 6.07 Å². The van der Waals surface area contributed by atoms with Crippen LogP contribution in [0.5, 0.6) is 0 Å². The van der Waals surface area contributed by atoms with E-state index < -0.39 is 5.91 Å². The Balaban J connectivity index is 1.39. The lowest BCUT2D eigenvalue weighted by molar-refractivity contribution is 0.0891. The van der Waals surface area contributed by atoms with Crippen molar-refractivity contribution in [1.82, 2.24) is 5.32 Å². The van der Waals surface area contributed by atoms with E-state index >= 15 is 0 Å². The van der Waals surface area contributed by atoms with Crippen LogP contribution < -0.4 is 15.5 Å². The van der Waals surface area contributed by atoms with E-state index in [9.17, 15) is 9.18 Å². The number of para-hydroxylation sites is 1. The van der Waals surface area contributed by atoms with Gasteiger partial charge in [0.1, 0.15) is 11.4 Å². The molecule has 0 radical (unpaired) electrons. The predicted molar refractivity (Wildman–Crippen MR) is 119 cm³/mol. The summed E-state index contributed by atoms with van der Waals surface area (Å²) in [6.07, 6.45) is 2.04. The Hall–Kier alpha value is -2.97. The Morgan fingerprint density at radius 3 is 2.87 bits per heavy atom. The number of hydrogen-bond donors (Lipinski definition) is 2. The number of carbonyl (C=O) groups is 1. The molecular weight excluding hydrogens is 405 g/mol. The van der Waals surface area contributed by atoms with Crippen molar-refractivity contribution in [3.63, 3.8) is 0 Å². The topological polar surface area (TPSA) is 66.7 Å². The Labute approximate surface area is 179 Å². The maximum Gasteiger partial charge on any atom is 0.293 e. The lowest BCUT2D eigenvalue weighted by Crippen LogP contribution is -2.39. The fourth-order valence-electron chi connectivity index (χ4n) is 3.61. The lowest BCUT2D eigenvalue weighted by atomic mass is 10.1. The summed E-state index contributed by atoms with van der Waals surface area (Å²) in [7, 11) is 1.68. The van der Waals surface area contributed by atoms with E-state index in [-0.39, 0.29) is 22.8 Å². The van der Waals surface area contributed by atoms with Crippen molar-refractivity contribution in [3.8, 4) is 0 Å². The monoisotopic (exact) mass is 427 g/mol. The molecule has 1 fully saturated rings. The minimum Gasteiger partial charge on any atom is -0.451 e. The van der Waals surface area contributed by atoms with Gasteiger partial charge in [-0.05, 0) is 55.4 Å². The second-order valence-corrected chi connectivity index (χ2v) is 7.58. The van der Waals surface area contributed by atoms with Crippen molar-refractivity contribution in [1.29, 1.82) is 0 Å². The van der Waals surface area contributed by atoms with Crippen LogP contribution in [0.25, 0.3) is 11.0 Å². The molecule has 0 saturated carbocycles. The maximum absolute atomic E-state index is 14.7. The molecule has 1 aromatic heterocycles. The van der Waals surface area contributed by atoms with Crippen molar-refractivity contribution < 1.29 is 18.3 Å². The van der Waals surface area contributed by atoms with Crippen molar-refractivity contribution in [2.24, 2.45) is 0 Å². The fourth-order valence-corrected chi connectivity index (χ4v) is 3.82. The molecule has 4 rings (SSSR count). The Morgan fingerprint density at radius 1 is 1.27 bits per heavy atom. The standard InChI is InChI=1S/C22H22FN3O3S/c1-28-16-6-4-10-26(13-16)18-9-8-15(12-17(18)23)24-22(30)25-21(27)20-11-14-5-2-3-7-19(14)29-20/h2-3,5,7-9,11-12,16H,4,6,10,13H2,1H3,(H2,24,25,27,30). The van der Waals surface area contributed by atoms with Gasteiger partial charge in [0, 0.05) is 31.3 Å². The van der Waals surface area contributed by atoms with Crippen LogP contribution in [0.3, 0.4) is 0 Å². The van der Waals surface area contributed by atoms with Crippen LogP contribution in [0.4, 0.5) is 15.8 Å². The van der Waals surface area contributed by atoms with Gasteiger partial charge in [-0.1, -0.05) is 18.2 Å². The number of anilines is 2. The molecular formula is C22H22FN3O3S. The number of rotatable bonds is 4. The summed E-state index contributed by atoms with van der Waals surface area (Å²) < 4.78 is 25.6. The van der Waals surface area contributed by atoms with Gasteiger partial charge in [-0.2, -0.15) is 0 Å². The number of furan rings is 1. The maximum atomic E-state index is 14.7. The molecule has 1 saturated heterocycles. The zero-order valence-corrected chi connectivity index (χ0v) is 17.3. The number of ether oxygens (including phenoxy) is 1. The highest BCUT2D eigenvalue weighted by molar-refractivity contribution is 7.80. The molecule has 2 aromatic carbocycles. The second kappa shape index (κ2) is 8.81. The van der Waals surface area contributed by atoms with Crippen LogP contribution in [-0.4, -0.2) is 37.3 Å². The van der Waals surface area contributed by atoms with Gasteiger partial charge in [-0.3, -0.25) is 10.1 Å². The molecule has 1 aliphatic rings. The van der Waals surface area contributed by atoms with E-state index in [2.05, 4.69) is 10.6 Å². The normalized spacial score (nSPS) is 16.5. The number of amides is 1. The summed E-state index contributed by atoms with van der Waals surface area (Å²) in [5, 5.41) is 6.28. The fraction of sp³-hybridized carbons (Fsp3) is 0.273. The highest BCUT2D eigenvalue weighted by Crippen LogP contribution is 2.26. The molecule has 6 nitrogen and oxygen atoms in total. The van der Waals surface area contributed by atoms with Crippen LogP contribution in [0.1, 0.15) is 23.4 Å². The van der Waals surface area contributed by atoms with Gasteiger partial charge in [0.15, 0.2) is 10.9 Å². The van der Waals surface area contributed by atoms with Crippen molar-refractivity contribution >= 4 is 45.6 Å². The number of piperidine rings is 1. The first-order chi connectivity index (χ1) is 14.5. The summed E-state index contributed by atoms with van der Waals surface area (Å²) in [6.45, 7) is 1.45. The van der Waals surface area contributed by atoms with Gasteiger partial charge in [-0.25, -0.2) is 4.39 Å². The first-order valence-electron chi connectivity index (χ1n) is 9.71. The number of thiocarbonyl (C=S) groups is 1. The molecule has 3 aromatic rings. The van der Waals surface area contributed by atoms with E-state index in [0.29, 0.717) is 23.5 Å². The zero-order chi connectivity index (χ0) is 21.1. The highest BCUT2D eigenvalue weighted by atomic mass is 32.1. The predicted octanol–water partition coefficient (Wildman–Crippen LogP) is 4.31. The molecule has 2 heterocycles. The zero-order valence-electron chi connectivity index (χ0n) is 16.5. The van der Waals surface area contributed by atoms with Gasteiger partial charge >= 0.3 is 0 Å². The third-order valence-electron chi connectivity index (χ3n) is 5.13. The van der Waals surface area contributed by atoms with Crippen molar-refractivity contribution in [3.05, 3.63) is 60.1 Å². The lowest BCUT2D eigenvalue weighted by Gasteiger charge is -2.33. The summed E-state index contributed by atoms with van der Waals surface area (Å²) in [4.78, 5) is 14.4. The molecule has 2 N–H and O–H groups in total. The van der Waals surface area contributed by atoms with Gasteiger partial charge in [0.05, 0.1) is 11.8 Å². The number of halogens is 1. The molecule has 0 bridgehead atoms. The molecule has 156 valence electrons. The van der Waals surface area contributed by atoms with Crippen LogP contribution in [-0.2, 0) is 4.74 Å². The molecule has 0 spiro atoms. The van der Waals surface area contributed by atoms with Crippen molar-refractivity contribution in [2.45, 2.75) is 18.9 Å². The van der Waals surface area contributed by atoms with Gasteiger partial charge in [-0.15, -0.1) is 0 Å². The summed E-state index contributed by atoms with van der Waals surface area (Å²) >= 11 is 5.19. The van der Waals surface area contributed by atoms with Crippen LogP contribution in [0, 0.1) is 5.82 Å². The third-order valence-corrected chi connectivity index (χ3v) is 5.34. The van der Waals surface area contributed by atoms with E-state index in [1.807, 2.05) is 23.1 Å². The van der Waals surface area contributed by atoms with Gasteiger partial charge < -0.3 is 19.4 Å². The molecule has 1 unspecified atom stereocenters. The van der Waals surface area contributed by atoms with E-state index in [0.717, 1.165) is 24.8 Å². The second-order valence-electron chi connectivity index (χ2n) is 7.17. The molecule has 0 aliphatic carbocycles. The Kier molecular flexibility index (Phi) is 5.96. The van der Waals surface area contributed by atoms with E-state index in [4.69, 9.17) is 21.4 Å². The van der Waals surface area contributed by atoms with Gasteiger partial charge in [0.25, 0.3) is 5.91 Å². The third kappa shape index (κ3) is 4.44. The van der Waals surface area contributed by atoms with Crippen LogP contribution in [0.15, 0.2) is 52.9 Å². The van der Waals surface area contributed by atoms with Crippen LogP contribution >= 0.6 is 12.2 Å². The number of methoxy groups -OCH3 is 1. The minimum absolute atomic E-state index is 0.0602. The number of hydrogen-bond acceptors (Lipinski definition) is 5. The smallest absolute Gasteiger partial charge is 0.293 e. The average Bonchev–Trinajstić information content (AvgIpc) is 3.18. The number of carbonyl (C=O) groups excluding carboxylic acids is 1. The largest absolute Gasteiger partial charge is 0.451 e. The van der Waals surface area contributed by atoms with Crippen molar-refractivity contribution in [2.75, 3.05) is 30.4 Å². The number of fused-ring (bicyclic) bond motifs is 1. The average molecular weight is 428 g/mol. The molecule has 1 amide bonds. The summed E-state index contributed by atoms with van der Waals surface area (Å²) in [6, 6.07) is 13.8.